The summed E-state index contributed by atoms with van der Waals surface area (Å²) < 4.78 is 1.56. The molecule has 2 rings (SSSR count). The minimum absolute atomic E-state index is 0.236. The number of nitrogens with zero attached hydrogens (tertiary/aromatic N) is 2. The molecule has 19 heavy (non-hydrogen) atoms. The van der Waals surface area contributed by atoms with E-state index in [1.54, 1.807) is 17.8 Å². The van der Waals surface area contributed by atoms with Crippen LogP contribution >= 0.6 is 11.6 Å². The highest BCUT2D eigenvalue weighted by Crippen LogP contribution is 2.30. The van der Waals surface area contributed by atoms with Crippen molar-refractivity contribution in [3.05, 3.63) is 22.5 Å². The molecule has 1 aromatic heterocycles. The number of hydrogen-bond donors (Lipinski definition) is 2. The second kappa shape index (κ2) is 5.35. The molecule has 1 aliphatic rings. The molecule has 1 saturated carbocycles. The molecule has 1 amide bonds. The SMILES string of the molecule is Cc1nn(C)c(Cl)c1C=CC(=O)NCC1(O)CCC1. The van der Waals surface area contributed by atoms with Crippen molar-refractivity contribution in [2.45, 2.75) is 31.8 Å². The van der Waals surface area contributed by atoms with Crippen molar-refractivity contribution < 1.29 is 9.90 Å². The van der Waals surface area contributed by atoms with Gasteiger partial charge in [-0.05, 0) is 32.3 Å². The van der Waals surface area contributed by atoms with Gasteiger partial charge in [-0.25, -0.2) is 0 Å². The summed E-state index contributed by atoms with van der Waals surface area (Å²) in [4.78, 5) is 11.7. The summed E-state index contributed by atoms with van der Waals surface area (Å²) in [5, 5.41) is 17.2. The summed E-state index contributed by atoms with van der Waals surface area (Å²) in [6.07, 6.45) is 5.59. The molecule has 1 heterocycles. The Morgan fingerprint density at radius 3 is 2.79 bits per heavy atom. The Bertz CT molecular complexity index is 518. The van der Waals surface area contributed by atoms with E-state index >= 15 is 0 Å². The minimum atomic E-state index is -0.703. The van der Waals surface area contributed by atoms with Gasteiger partial charge in [-0.15, -0.1) is 0 Å². The van der Waals surface area contributed by atoms with E-state index in [-0.39, 0.29) is 5.91 Å². The lowest BCUT2D eigenvalue weighted by molar-refractivity contribution is -0.118. The molecule has 2 N–H and O–H groups in total. The Balaban J connectivity index is 1.92. The molecule has 0 aromatic carbocycles. The molecule has 6 heteroatoms. The number of aliphatic hydroxyl groups is 1. The molecular formula is C13H18ClN3O2. The monoisotopic (exact) mass is 283 g/mol. The van der Waals surface area contributed by atoms with E-state index < -0.39 is 5.60 Å². The van der Waals surface area contributed by atoms with E-state index in [1.807, 2.05) is 6.92 Å². The van der Waals surface area contributed by atoms with Crippen LogP contribution in [0.1, 0.15) is 30.5 Å². The van der Waals surface area contributed by atoms with E-state index in [1.165, 1.54) is 6.08 Å². The summed E-state index contributed by atoms with van der Waals surface area (Å²) in [6, 6.07) is 0. The zero-order valence-corrected chi connectivity index (χ0v) is 11.9. The number of hydrogen-bond acceptors (Lipinski definition) is 3. The van der Waals surface area contributed by atoms with Crippen LogP contribution in [0.15, 0.2) is 6.08 Å². The highest BCUT2D eigenvalue weighted by molar-refractivity contribution is 6.31. The van der Waals surface area contributed by atoms with Gasteiger partial charge in [0.05, 0.1) is 11.3 Å². The fourth-order valence-electron chi connectivity index (χ4n) is 2.07. The Morgan fingerprint density at radius 2 is 2.32 bits per heavy atom. The number of rotatable bonds is 4. The zero-order chi connectivity index (χ0) is 14.0. The van der Waals surface area contributed by atoms with Crippen molar-refractivity contribution in [2.75, 3.05) is 6.54 Å². The van der Waals surface area contributed by atoms with Crippen LogP contribution in [0.5, 0.6) is 0 Å². The molecule has 104 valence electrons. The molecule has 1 aliphatic carbocycles. The second-order valence-electron chi connectivity index (χ2n) is 5.04. The summed E-state index contributed by atoms with van der Waals surface area (Å²) in [6.45, 7) is 2.14. The number of halogens is 1. The van der Waals surface area contributed by atoms with Crippen LogP contribution < -0.4 is 5.32 Å². The highest BCUT2D eigenvalue weighted by atomic mass is 35.5. The van der Waals surface area contributed by atoms with E-state index in [4.69, 9.17) is 11.6 Å². The van der Waals surface area contributed by atoms with Crippen molar-refractivity contribution in [1.29, 1.82) is 0 Å². The molecule has 0 bridgehead atoms. The first kappa shape index (κ1) is 14.1. The van der Waals surface area contributed by atoms with Crippen LogP contribution in [0.3, 0.4) is 0 Å². The Kier molecular flexibility index (Phi) is 3.96. The summed E-state index contributed by atoms with van der Waals surface area (Å²) in [5.74, 6) is -0.236. The molecular weight excluding hydrogens is 266 g/mol. The van der Waals surface area contributed by atoms with E-state index in [9.17, 15) is 9.90 Å². The highest BCUT2D eigenvalue weighted by Gasteiger charge is 2.34. The first-order valence-electron chi connectivity index (χ1n) is 6.29. The van der Waals surface area contributed by atoms with Gasteiger partial charge >= 0.3 is 0 Å². The maximum Gasteiger partial charge on any atom is 0.244 e. The Hall–Kier alpha value is -1.33. The number of aryl methyl sites for hydroxylation is 2. The average Bonchev–Trinajstić information content (AvgIpc) is 2.56. The van der Waals surface area contributed by atoms with Gasteiger partial charge in [0.1, 0.15) is 5.15 Å². The lowest BCUT2D eigenvalue weighted by Gasteiger charge is -2.36. The predicted molar refractivity (Wildman–Crippen MR) is 73.8 cm³/mol. The summed E-state index contributed by atoms with van der Waals surface area (Å²) >= 11 is 6.06. The second-order valence-corrected chi connectivity index (χ2v) is 5.40. The van der Waals surface area contributed by atoms with Gasteiger partial charge < -0.3 is 10.4 Å². The van der Waals surface area contributed by atoms with Gasteiger partial charge in [0, 0.05) is 25.2 Å². The van der Waals surface area contributed by atoms with Crippen LogP contribution in [-0.4, -0.2) is 32.9 Å². The maximum absolute atomic E-state index is 11.7. The summed E-state index contributed by atoms with van der Waals surface area (Å²) in [5.41, 5.74) is 0.807. The predicted octanol–water partition coefficient (Wildman–Crippen LogP) is 1.43. The van der Waals surface area contributed by atoms with Gasteiger partial charge in [-0.3, -0.25) is 9.48 Å². The standard InChI is InChI=1S/C13H18ClN3O2/c1-9-10(12(14)17(2)16-9)4-5-11(18)15-8-13(19)6-3-7-13/h4-5,19H,3,6-8H2,1-2H3,(H,15,18). The molecule has 0 unspecified atom stereocenters. The van der Waals surface area contributed by atoms with Crippen LogP contribution in [0.25, 0.3) is 6.08 Å². The average molecular weight is 284 g/mol. The topological polar surface area (TPSA) is 67.2 Å². The quantitative estimate of drug-likeness (QED) is 0.822. The van der Waals surface area contributed by atoms with Crippen molar-refractivity contribution in [3.63, 3.8) is 0 Å². The molecule has 0 saturated heterocycles. The van der Waals surface area contributed by atoms with E-state index in [0.29, 0.717) is 11.7 Å². The molecule has 0 spiro atoms. The number of nitrogens with one attached hydrogen (secondary N) is 1. The summed E-state index contributed by atoms with van der Waals surface area (Å²) in [7, 11) is 1.75. The number of carbonyl (C=O) groups excluding carboxylic acids is 1. The zero-order valence-electron chi connectivity index (χ0n) is 11.1. The van der Waals surface area contributed by atoms with E-state index in [2.05, 4.69) is 10.4 Å². The van der Waals surface area contributed by atoms with Gasteiger partial charge in [-0.1, -0.05) is 11.6 Å². The van der Waals surface area contributed by atoms with Crippen molar-refractivity contribution in [2.24, 2.45) is 7.05 Å². The fraction of sp³-hybridized carbons (Fsp3) is 0.538. The number of aromatic nitrogens is 2. The molecule has 1 aromatic rings. The molecule has 0 radical (unpaired) electrons. The van der Waals surface area contributed by atoms with Crippen molar-refractivity contribution in [3.8, 4) is 0 Å². The molecule has 0 aliphatic heterocycles. The van der Waals surface area contributed by atoms with Gasteiger partial charge in [0.2, 0.25) is 5.91 Å². The van der Waals surface area contributed by atoms with Crippen molar-refractivity contribution >= 4 is 23.6 Å². The minimum Gasteiger partial charge on any atom is -0.388 e. The Labute approximate surface area is 117 Å². The third-order valence-corrected chi connectivity index (χ3v) is 3.92. The molecule has 0 atom stereocenters. The normalized spacial score (nSPS) is 17.5. The van der Waals surface area contributed by atoms with E-state index in [0.717, 1.165) is 30.5 Å². The third kappa shape index (κ3) is 3.16. The first-order valence-corrected chi connectivity index (χ1v) is 6.66. The number of amides is 1. The maximum atomic E-state index is 11.7. The van der Waals surface area contributed by atoms with Crippen LogP contribution in [0.2, 0.25) is 5.15 Å². The smallest absolute Gasteiger partial charge is 0.244 e. The van der Waals surface area contributed by atoms with Gasteiger partial charge in [-0.2, -0.15) is 5.10 Å². The molecule has 1 fully saturated rings. The molecule has 5 nitrogen and oxygen atoms in total. The lowest BCUT2D eigenvalue weighted by Crippen LogP contribution is -2.47. The van der Waals surface area contributed by atoms with Crippen LogP contribution in [-0.2, 0) is 11.8 Å². The van der Waals surface area contributed by atoms with Crippen molar-refractivity contribution in [1.82, 2.24) is 15.1 Å². The van der Waals surface area contributed by atoms with Crippen LogP contribution in [0, 0.1) is 6.92 Å². The Morgan fingerprint density at radius 1 is 1.63 bits per heavy atom. The largest absolute Gasteiger partial charge is 0.388 e. The number of carbonyl (C=O) groups is 1. The first-order chi connectivity index (χ1) is 8.91. The lowest BCUT2D eigenvalue weighted by atomic mass is 9.80. The van der Waals surface area contributed by atoms with Gasteiger partial charge in [0.25, 0.3) is 0 Å². The van der Waals surface area contributed by atoms with Gasteiger partial charge in [0.15, 0.2) is 0 Å². The third-order valence-electron chi connectivity index (χ3n) is 3.47. The van der Waals surface area contributed by atoms with Crippen LogP contribution in [0.4, 0.5) is 0 Å². The fourth-order valence-corrected chi connectivity index (χ4v) is 2.30.